The van der Waals surface area contributed by atoms with Crippen LogP contribution in [0.1, 0.15) is 96.4 Å². The molecule has 6 heterocycles. The maximum Gasteiger partial charge on any atom is 0.229 e. The Hall–Kier alpha value is -4.89. The van der Waals surface area contributed by atoms with Gasteiger partial charge in [0.15, 0.2) is 0 Å². The van der Waals surface area contributed by atoms with Crippen molar-refractivity contribution in [3.8, 4) is 0 Å². The van der Waals surface area contributed by atoms with Gasteiger partial charge in [-0.25, -0.2) is 15.0 Å². The van der Waals surface area contributed by atoms with E-state index >= 15 is 0 Å². The molecule has 14 nitrogen and oxygen atoms in total. The molecule has 2 saturated heterocycles. The molecule has 0 bridgehead atoms. The van der Waals surface area contributed by atoms with E-state index < -0.39 is 0 Å². The lowest BCUT2D eigenvalue weighted by Crippen LogP contribution is -2.44. The number of nitrogens with one attached hydrogen (secondary N) is 4. The molecule has 0 aliphatic carbocycles. The molecule has 4 aromatic rings. The monoisotopic (exact) mass is 871 g/mol. The first-order chi connectivity index (χ1) is 29.7. The second kappa shape index (κ2) is 23.5. The van der Waals surface area contributed by atoms with Gasteiger partial charge in [0.05, 0.1) is 19.3 Å². The summed E-state index contributed by atoms with van der Waals surface area (Å²) in [4.78, 5) is 45.0. The number of carbonyl (C=O) groups excluding carboxylic acids is 2. The van der Waals surface area contributed by atoms with E-state index in [9.17, 15) is 9.59 Å². The number of ether oxygens (including phenoxy) is 2. The topological polar surface area (TPSA) is 159 Å². The fourth-order valence-corrected chi connectivity index (χ4v) is 7.84. The van der Waals surface area contributed by atoms with E-state index in [1.807, 2.05) is 50.4 Å². The molecule has 2 fully saturated rings. The van der Waals surface area contributed by atoms with Gasteiger partial charge in [-0.15, -0.1) is 0 Å². The molecule has 2 aromatic heterocycles. The number of benzene rings is 2. The molecular formula is C47H67ClN10O4. The zero-order valence-corrected chi connectivity index (χ0v) is 38.9. The number of fused-ring (bicyclic) bond motifs is 2. The van der Waals surface area contributed by atoms with Crippen LogP contribution in [0.2, 0.25) is 5.15 Å². The minimum absolute atomic E-state index is 0.0619. The van der Waals surface area contributed by atoms with Gasteiger partial charge in [-0.3, -0.25) is 14.5 Å². The van der Waals surface area contributed by atoms with Gasteiger partial charge in [-0.05, 0) is 134 Å². The van der Waals surface area contributed by atoms with E-state index in [4.69, 9.17) is 26.1 Å². The summed E-state index contributed by atoms with van der Waals surface area (Å²) >= 11 is 5.97. The minimum atomic E-state index is 0.0619. The highest BCUT2D eigenvalue weighted by molar-refractivity contribution is 6.30. The standard InChI is InChI=1S/C19H23N5O2.C14H13ClN4O.C8H19N.C6H12O/c1-12-10-20-19(23-18(12)24-7-8-26-11-13(24)2)21-15-4-5-16-14(9-15)3-6-17(25)22-16;1-8-7-16-14(19-13(8)15)17-10-3-4-11-9(6-10)2-5-12(20)18-11;1-6-9(7(2)3)8(4)5;1-6-3-2-4-7-5-6/h4-5,9-10,13H,3,6-8,11H2,1-2H3,(H,22,25)(H,20,21,23);3-4,6-7H,2,5H2,1H3,(H,18,20)(H,16,17,19);7-8H,6H2,1-5H3;6H,2-5H2,1H3/t13-;;;6-/m1..0/s1. The van der Waals surface area contributed by atoms with Gasteiger partial charge in [0.1, 0.15) is 11.0 Å². The predicted octanol–water partition coefficient (Wildman–Crippen LogP) is 9.26. The lowest BCUT2D eigenvalue weighted by Gasteiger charge is -2.35. The van der Waals surface area contributed by atoms with Crippen LogP contribution in [0.25, 0.3) is 0 Å². The molecule has 336 valence electrons. The largest absolute Gasteiger partial charge is 0.381 e. The van der Waals surface area contributed by atoms with Crippen LogP contribution in [0.3, 0.4) is 0 Å². The lowest BCUT2D eigenvalue weighted by atomic mass is 10.0. The molecule has 8 rings (SSSR count). The first-order valence-electron chi connectivity index (χ1n) is 22.1. The van der Waals surface area contributed by atoms with Crippen molar-refractivity contribution in [1.29, 1.82) is 0 Å². The number of nitrogens with zero attached hydrogens (tertiary/aromatic N) is 6. The number of morpholine rings is 1. The van der Waals surface area contributed by atoms with Gasteiger partial charge in [-0.1, -0.05) is 25.4 Å². The third kappa shape index (κ3) is 14.3. The van der Waals surface area contributed by atoms with Crippen LogP contribution in [0.4, 0.5) is 40.5 Å². The Morgan fingerprint density at radius 3 is 1.79 bits per heavy atom. The van der Waals surface area contributed by atoms with Crippen LogP contribution in [-0.2, 0) is 31.9 Å². The number of halogens is 1. The van der Waals surface area contributed by atoms with Crippen LogP contribution >= 0.6 is 11.6 Å². The van der Waals surface area contributed by atoms with Crippen molar-refractivity contribution in [3.63, 3.8) is 0 Å². The number of anilines is 7. The van der Waals surface area contributed by atoms with Crippen LogP contribution in [0.5, 0.6) is 0 Å². The SMILES string of the molecule is CCN(C(C)C)C(C)C.C[C@H]1CCCOC1.Cc1cnc(Nc2ccc3c(c2)CCC(=O)N3)nc1Cl.Cc1cnc(Nc2ccc3c(c2)CCC(=O)N3)nc1N1CCOC[C@H]1C. The van der Waals surface area contributed by atoms with E-state index in [1.165, 1.54) is 12.8 Å². The number of amides is 2. The summed E-state index contributed by atoms with van der Waals surface area (Å²) in [5, 5.41) is 12.6. The molecule has 0 saturated carbocycles. The molecule has 62 heavy (non-hydrogen) atoms. The van der Waals surface area contributed by atoms with E-state index in [-0.39, 0.29) is 17.9 Å². The van der Waals surface area contributed by atoms with Gasteiger partial charge in [-0.2, -0.15) is 4.98 Å². The van der Waals surface area contributed by atoms with Crippen molar-refractivity contribution in [2.75, 3.05) is 65.7 Å². The third-order valence-corrected chi connectivity index (χ3v) is 11.5. The highest BCUT2D eigenvalue weighted by Crippen LogP contribution is 2.29. The summed E-state index contributed by atoms with van der Waals surface area (Å²) in [5.74, 6) is 2.93. The first kappa shape index (κ1) is 48.1. The molecule has 0 spiro atoms. The lowest BCUT2D eigenvalue weighted by molar-refractivity contribution is -0.117. The fourth-order valence-electron chi connectivity index (χ4n) is 7.72. The van der Waals surface area contributed by atoms with Crippen molar-refractivity contribution in [2.24, 2.45) is 5.92 Å². The summed E-state index contributed by atoms with van der Waals surface area (Å²) in [6.45, 7) is 24.8. The summed E-state index contributed by atoms with van der Waals surface area (Å²) in [7, 11) is 0. The van der Waals surface area contributed by atoms with Crippen molar-refractivity contribution in [1.82, 2.24) is 24.8 Å². The highest BCUT2D eigenvalue weighted by atomic mass is 35.5. The average Bonchev–Trinajstić information content (AvgIpc) is 3.24. The Labute approximate surface area is 373 Å². The van der Waals surface area contributed by atoms with Gasteiger partial charge in [0, 0.05) is 91.0 Å². The molecule has 4 aliphatic heterocycles. The maximum atomic E-state index is 11.5. The van der Waals surface area contributed by atoms with Gasteiger partial charge in [0.25, 0.3) is 0 Å². The molecule has 2 aromatic carbocycles. The molecule has 0 unspecified atom stereocenters. The third-order valence-electron chi connectivity index (χ3n) is 11.1. The zero-order chi connectivity index (χ0) is 44.8. The Balaban J connectivity index is 0.000000177. The maximum absolute atomic E-state index is 11.5. The van der Waals surface area contributed by atoms with Crippen LogP contribution in [0, 0.1) is 19.8 Å². The molecule has 2 amide bonds. The summed E-state index contributed by atoms with van der Waals surface area (Å²) in [5.41, 5.74) is 7.68. The smallest absolute Gasteiger partial charge is 0.229 e. The van der Waals surface area contributed by atoms with Crippen molar-refractivity contribution in [2.45, 2.75) is 119 Å². The van der Waals surface area contributed by atoms with Gasteiger partial charge < -0.3 is 35.6 Å². The quantitative estimate of drug-likeness (QED) is 0.125. The number of hydrogen-bond donors (Lipinski definition) is 4. The first-order valence-corrected chi connectivity index (χ1v) is 22.5. The Morgan fingerprint density at radius 2 is 1.34 bits per heavy atom. The molecule has 15 heteroatoms. The number of aryl methyl sites for hydroxylation is 4. The number of aromatic nitrogens is 4. The molecule has 4 aliphatic rings. The van der Waals surface area contributed by atoms with Gasteiger partial charge >= 0.3 is 0 Å². The molecule has 0 radical (unpaired) electrons. The normalized spacial score (nSPS) is 18.1. The van der Waals surface area contributed by atoms with Crippen molar-refractivity contribution in [3.05, 3.63) is 76.2 Å². The van der Waals surface area contributed by atoms with Crippen molar-refractivity contribution >= 4 is 63.9 Å². The van der Waals surface area contributed by atoms with E-state index in [0.29, 0.717) is 55.2 Å². The second-order valence-electron chi connectivity index (χ2n) is 16.9. The van der Waals surface area contributed by atoms with Crippen LogP contribution in [0.15, 0.2) is 48.8 Å². The van der Waals surface area contributed by atoms with Crippen molar-refractivity contribution < 1.29 is 19.1 Å². The summed E-state index contributed by atoms with van der Waals surface area (Å²) in [6, 6.07) is 13.3. The highest BCUT2D eigenvalue weighted by Gasteiger charge is 2.23. The van der Waals surface area contributed by atoms with E-state index in [0.717, 1.165) is 95.9 Å². The minimum Gasteiger partial charge on any atom is -0.381 e. The fraction of sp³-hybridized carbons (Fsp3) is 0.532. The predicted molar refractivity (Wildman–Crippen MR) is 251 cm³/mol. The number of carbonyl (C=O) groups is 2. The van der Waals surface area contributed by atoms with Crippen LogP contribution in [-0.4, -0.2) is 94.3 Å². The Morgan fingerprint density at radius 1 is 0.790 bits per heavy atom. The number of hydrogen-bond acceptors (Lipinski definition) is 12. The second-order valence-corrected chi connectivity index (χ2v) is 17.3. The van der Waals surface area contributed by atoms with Crippen LogP contribution < -0.4 is 26.2 Å². The van der Waals surface area contributed by atoms with Gasteiger partial charge in [0.2, 0.25) is 23.7 Å². The van der Waals surface area contributed by atoms with E-state index in [2.05, 4.69) is 101 Å². The summed E-state index contributed by atoms with van der Waals surface area (Å²) in [6.07, 6.45) is 8.69. The molecule has 4 N–H and O–H groups in total. The summed E-state index contributed by atoms with van der Waals surface area (Å²) < 4.78 is 10.7. The average molecular weight is 872 g/mol. The van der Waals surface area contributed by atoms with E-state index in [1.54, 1.807) is 6.20 Å². The zero-order valence-electron chi connectivity index (χ0n) is 38.1. The Kier molecular flexibility index (Phi) is 18.3. The number of rotatable bonds is 8. The molecule has 2 atom stereocenters. The molecular weight excluding hydrogens is 804 g/mol. The Bertz CT molecular complexity index is 2090.